The maximum Gasteiger partial charge on any atom is 0.0407 e. The molecule has 1 N–H and O–H groups in total. The highest BCUT2D eigenvalue weighted by molar-refractivity contribution is 9.10. The average molecular weight is 297 g/mol. The van der Waals surface area contributed by atoms with Crippen LogP contribution >= 0.6 is 15.9 Å². The summed E-state index contributed by atoms with van der Waals surface area (Å²) < 4.78 is 1.17. The van der Waals surface area contributed by atoms with Crippen molar-refractivity contribution >= 4 is 21.6 Å². The summed E-state index contributed by atoms with van der Waals surface area (Å²) in [4.78, 5) is 2.51. The van der Waals surface area contributed by atoms with Gasteiger partial charge >= 0.3 is 0 Å². The zero-order valence-electron chi connectivity index (χ0n) is 10.8. The maximum absolute atomic E-state index is 3.56. The molecular formula is C14H21BrN2. The van der Waals surface area contributed by atoms with E-state index in [4.69, 9.17) is 0 Å². The molecule has 0 bridgehead atoms. The van der Waals surface area contributed by atoms with Crippen LogP contribution in [0.3, 0.4) is 0 Å². The van der Waals surface area contributed by atoms with E-state index in [1.54, 1.807) is 0 Å². The molecule has 2 rings (SSSR count). The van der Waals surface area contributed by atoms with E-state index in [9.17, 15) is 0 Å². The Morgan fingerprint density at radius 2 is 2.18 bits per heavy atom. The lowest BCUT2D eigenvalue weighted by Crippen LogP contribution is -2.47. The first-order valence-corrected chi connectivity index (χ1v) is 7.09. The fourth-order valence-electron chi connectivity index (χ4n) is 2.72. The second-order valence-electron chi connectivity index (χ2n) is 5.04. The van der Waals surface area contributed by atoms with Crippen molar-refractivity contribution in [3.05, 3.63) is 28.2 Å². The van der Waals surface area contributed by atoms with Crippen molar-refractivity contribution in [3.8, 4) is 0 Å². The van der Waals surface area contributed by atoms with Crippen molar-refractivity contribution in [1.29, 1.82) is 0 Å². The molecule has 1 fully saturated rings. The number of benzene rings is 1. The smallest absolute Gasteiger partial charge is 0.0407 e. The summed E-state index contributed by atoms with van der Waals surface area (Å²) in [6.45, 7) is 6.81. The Morgan fingerprint density at radius 1 is 1.41 bits per heavy atom. The van der Waals surface area contributed by atoms with E-state index in [-0.39, 0.29) is 0 Å². The van der Waals surface area contributed by atoms with E-state index >= 15 is 0 Å². The topological polar surface area (TPSA) is 15.3 Å². The number of rotatable bonds is 2. The van der Waals surface area contributed by atoms with E-state index in [2.05, 4.69) is 65.2 Å². The zero-order chi connectivity index (χ0) is 12.4. The highest BCUT2D eigenvalue weighted by Crippen LogP contribution is 2.28. The number of piperidine rings is 1. The van der Waals surface area contributed by atoms with Gasteiger partial charge in [0.15, 0.2) is 0 Å². The predicted octanol–water partition coefficient (Wildman–Crippen LogP) is 3.19. The quantitative estimate of drug-likeness (QED) is 0.902. The van der Waals surface area contributed by atoms with E-state index in [0.717, 1.165) is 13.1 Å². The Morgan fingerprint density at radius 3 is 2.82 bits per heavy atom. The first-order chi connectivity index (χ1) is 8.11. The molecule has 94 valence electrons. The van der Waals surface area contributed by atoms with Crippen LogP contribution < -0.4 is 10.2 Å². The van der Waals surface area contributed by atoms with Gasteiger partial charge in [-0.05, 0) is 44.0 Å². The van der Waals surface area contributed by atoms with Crippen molar-refractivity contribution in [1.82, 2.24) is 5.32 Å². The Labute approximate surface area is 113 Å². The molecule has 2 unspecified atom stereocenters. The SMILES string of the molecule is CNC1CCN(c2cc(Br)ccc2C)CC1C. The molecule has 1 aromatic carbocycles. The van der Waals surface area contributed by atoms with Gasteiger partial charge in [0.1, 0.15) is 0 Å². The number of nitrogens with one attached hydrogen (secondary N) is 1. The van der Waals surface area contributed by atoms with Crippen molar-refractivity contribution in [2.75, 3.05) is 25.0 Å². The van der Waals surface area contributed by atoms with E-state index in [1.807, 2.05) is 0 Å². The first-order valence-electron chi connectivity index (χ1n) is 6.30. The largest absolute Gasteiger partial charge is 0.371 e. The van der Waals surface area contributed by atoms with Crippen LogP contribution in [0.4, 0.5) is 5.69 Å². The van der Waals surface area contributed by atoms with Crippen LogP contribution in [0, 0.1) is 12.8 Å². The molecule has 1 saturated heterocycles. The normalized spacial score (nSPS) is 25.1. The molecule has 1 aromatic rings. The summed E-state index contributed by atoms with van der Waals surface area (Å²) in [5, 5.41) is 3.42. The molecule has 3 heteroatoms. The van der Waals surface area contributed by atoms with Gasteiger partial charge < -0.3 is 10.2 Å². The second kappa shape index (κ2) is 5.40. The molecule has 0 aliphatic carbocycles. The van der Waals surface area contributed by atoms with Crippen molar-refractivity contribution in [3.63, 3.8) is 0 Å². The third-order valence-corrected chi connectivity index (χ3v) is 4.28. The fourth-order valence-corrected chi connectivity index (χ4v) is 3.07. The first kappa shape index (κ1) is 12.9. The Hall–Kier alpha value is -0.540. The minimum atomic E-state index is 0.665. The number of hydrogen-bond donors (Lipinski definition) is 1. The van der Waals surface area contributed by atoms with Crippen molar-refractivity contribution in [2.45, 2.75) is 26.3 Å². The maximum atomic E-state index is 3.56. The van der Waals surface area contributed by atoms with Gasteiger partial charge in [0.05, 0.1) is 0 Å². The zero-order valence-corrected chi connectivity index (χ0v) is 12.4. The number of hydrogen-bond acceptors (Lipinski definition) is 2. The highest BCUT2D eigenvalue weighted by Gasteiger charge is 2.25. The average Bonchev–Trinajstić information content (AvgIpc) is 2.32. The molecule has 17 heavy (non-hydrogen) atoms. The van der Waals surface area contributed by atoms with E-state index in [0.29, 0.717) is 12.0 Å². The lowest BCUT2D eigenvalue weighted by molar-refractivity contribution is 0.338. The van der Waals surface area contributed by atoms with Gasteiger partial charge in [-0.2, -0.15) is 0 Å². The summed E-state index contributed by atoms with van der Waals surface area (Å²) in [6.07, 6.45) is 1.23. The van der Waals surface area contributed by atoms with Crippen LogP contribution in [0.2, 0.25) is 0 Å². The van der Waals surface area contributed by atoms with Crippen LogP contribution in [-0.4, -0.2) is 26.2 Å². The standard InChI is InChI=1S/C14H21BrN2/c1-10-4-5-12(15)8-14(10)17-7-6-13(16-3)11(2)9-17/h4-5,8,11,13,16H,6-7,9H2,1-3H3. The predicted molar refractivity (Wildman–Crippen MR) is 77.7 cm³/mol. The minimum Gasteiger partial charge on any atom is -0.371 e. The van der Waals surface area contributed by atoms with Gasteiger partial charge in [-0.25, -0.2) is 0 Å². The third-order valence-electron chi connectivity index (χ3n) is 3.79. The van der Waals surface area contributed by atoms with Crippen molar-refractivity contribution < 1.29 is 0 Å². The Kier molecular flexibility index (Phi) is 4.10. The third kappa shape index (κ3) is 2.83. The van der Waals surface area contributed by atoms with Crippen LogP contribution in [0.5, 0.6) is 0 Å². The van der Waals surface area contributed by atoms with Gasteiger partial charge in [-0.1, -0.05) is 28.9 Å². The molecule has 0 amide bonds. The molecule has 2 nitrogen and oxygen atoms in total. The van der Waals surface area contributed by atoms with E-state index < -0.39 is 0 Å². The van der Waals surface area contributed by atoms with Gasteiger partial charge in [-0.15, -0.1) is 0 Å². The summed E-state index contributed by atoms with van der Waals surface area (Å²) >= 11 is 3.56. The summed E-state index contributed by atoms with van der Waals surface area (Å²) in [7, 11) is 2.07. The molecule has 0 saturated carbocycles. The monoisotopic (exact) mass is 296 g/mol. The molecule has 0 spiro atoms. The number of anilines is 1. The summed E-state index contributed by atoms with van der Waals surface area (Å²) in [5.41, 5.74) is 2.74. The molecule has 1 aliphatic rings. The molecule has 0 aromatic heterocycles. The van der Waals surface area contributed by atoms with Crippen molar-refractivity contribution in [2.24, 2.45) is 5.92 Å². The van der Waals surface area contributed by atoms with Gasteiger partial charge in [0.2, 0.25) is 0 Å². The van der Waals surface area contributed by atoms with Crippen LogP contribution in [0.1, 0.15) is 18.9 Å². The molecule has 1 aliphatic heterocycles. The van der Waals surface area contributed by atoms with Crippen LogP contribution in [0.25, 0.3) is 0 Å². The summed E-state index contributed by atoms with van der Waals surface area (Å²) in [5.74, 6) is 0.701. The fraction of sp³-hybridized carbons (Fsp3) is 0.571. The van der Waals surface area contributed by atoms with Gasteiger partial charge in [0, 0.05) is 29.3 Å². The summed E-state index contributed by atoms with van der Waals surface area (Å²) in [6, 6.07) is 7.21. The molecule has 0 radical (unpaired) electrons. The lowest BCUT2D eigenvalue weighted by Gasteiger charge is -2.38. The Bertz CT molecular complexity index is 392. The lowest BCUT2D eigenvalue weighted by atomic mass is 9.93. The second-order valence-corrected chi connectivity index (χ2v) is 5.95. The van der Waals surface area contributed by atoms with Crippen LogP contribution in [0.15, 0.2) is 22.7 Å². The minimum absolute atomic E-state index is 0.665. The molecule has 1 heterocycles. The molecule has 2 atom stereocenters. The highest BCUT2D eigenvalue weighted by atomic mass is 79.9. The Balaban J connectivity index is 2.16. The van der Waals surface area contributed by atoms with E-state index in [1.165, 1.54) is 22.1 Å². The van der Waals surface area contributed by atoms with Gasteiger partial charge in [0.25, 0.3) is 0 Å². The molecular weight excluding hydrogens is 276 g/mol. The number of halogens is 1. The van der Waals surface area contributed by atoms with Crippen LogP contribution in [-0.2, 0) is 0 Å². The number of nitrogens with zero attached hydrogens (tertiary/aromatic N) is 1. The van der Waals surface area contributed by atoms with Gasteiger partial charge in [-0.3, -0.25) is 0 Å². The number of aryl methyl sites for hydroxylation is 1.